The summed E-state index contributed by atoms with van der Waals surface area (Å²) in [4.78, 5) is 29.2. The van der Waals surface area contributed by atoms with Gasteiger partial charge in [0.05, 0.1) is 0 Å². The number of amides is 2. The van der Waals surface area contributed by atoms with Crippen molar-refractivity contribution in [2.24, 2.45) is 29.1 Å². The summed E-state index contributed by atoms with van der Waals surface area (Å²) in [6.45, 7) is 7.05. The zero-order valence-corrected chi connectivity index (χ0v) is 20.4. The van der Waals surface area contributed by atoms with E-state index in [1.165, 1.54) is 24.8 Å². The van der Waals surface area contributed by atoms with E-state index in [1.54, 1.807) is 0 Å². The number of nitrogens with zero attached hydrogens (tertiary/aromatic N) is 1. The zero-order chi connectivity index (χ0) is 23.0. The molecule has 1 aromatic rings. The summed E-state index contributed by atoms with van der Waals surface area (Å²) >= 11 is 0. The highest BCUT2D eigenvalue weighted by atomic mass is 16.2. The minimum absolute atomic E-state index is 0.00425. The van der Waals surface area contributed by atoms with Gasteiger partial charge in [0, 0.05) is 31.1 Å². The molecule has 2 amide bonds. The molecule has 4 bridgehead atoms. The van der Waals surface area contributed by atoms with Crippen LogP contribution >= 0.6 is 0 Å². The number of carbonyl (C=O) groups is 2. The first-order valence-electron chi connectivity index (χ1n) is 13.3. The lowest BCUT2D eigenvalue weighted by Gasteiger charge is -2.55. The Morgan fingerprint density at radius 2 is 1.55 bits per heavy atom. The van der Waals surface area contributed by atoms with Crippen LogP contribution in [0.1, 0.15) is 70.8 Å². The van der Waals surface area contributed by atoms with Crippen molar-refractivity contribution in [2.45, 2.75) is 83.8 Å². The first kappa shape index (κ1) is 22.9. The minimum Gasteiger partial charge on any atom is -0.351 e. The van der Waals surface area contributed by atoms with Gasteiger partial charge >= 0.3 is 0 Å². The van der Waals surface area contributed by atoms with Gasteiger partial charge in [0.1, 0.15) is 6.04 Å². The van der Waals surface area contributed by atoms with Crippen molar-refractivity contribution in [2.75, 3.05) is 13.1 Å². The molecule has 0 aromatic heterocycles. The average molecular weight is 452 g/mol. The Morgan fingerprint density at radius 1 is 0.970 bits per heavy atom. The van der Waals surface area contributed by atoms with Crippen molar-refractivity contribution in [3.05, 3.63) is 35.9 Å². The molecular weight excluding hydrogens is 410 g/mol. The predicted molar refractivity (Wildman–Crippen MR) is 130 cm³/mol. The molecule has 33 heavy (non-hydrogen) atoms. The van der Waals surface area contributed by atoms with Crippen LogP contribution in [-0.2, 0) is 16.1 Å². The maximum absolute atomic E-state index is 13.5. The van der Waals surface area contributed by atoms with E-state index >= 15 is 0 Å². The summed E-state index contributed by atoms with van der Waals surface area (Å²) in [6.07, 6.45) is 9.01. The highest BCUT2D eigenvalue weighted by Gasteiger charge is 2.55. The van der Waals surface area contributed by atoms with E-state index in [-0.39, 0.29) is 29.2 Å². The van der Waals surface area contributed by atoms with Crippen LogP contribution < -0.4 is 10.6 Å². The van der Waals surface area contributed by atoms with Crippen molar-refractivity contribution >= 4 is 11.8 Å². The first-order valence-corrected chi connectivity index (χ1v) is 13.3. The summed E-state index contributed by atoms with van der Waals surface area (Å²) in [6, 6.07) is 10.3. The molecule has 1 aliphatic heterocycles. The molecule has 180 valence electrons. The van der Waals surface area contributed by atoms with Crippen molar-refractivity contribution in [3.63, 3.8) is 0 Å². The molecule has 5 fully saturated rings. The number of nitrogens with one attached hydrogen (secondary N) is 2. The largest absolute Gasteiger partial charge is 0.351 e. The lowest BCUT2D eigenvalue weighted by atomic mass is 9.49. The number of piperidine rings is 1. The highest BCUT2D eigenvalue weighted by molar-refractivity contribution is 5.90. The molecule has 1 aromatic carbocycles. The molecule has 0 radical (unpaired) electrons. The monoisotopic (exact) mass is 451 g/mol. The molecule has 6 rings (SSSR count). The Labute approximate surface area is 199 Å². The van der Waals surface area contributed by atoms with E-state index < -0.39 is 6.04 Å². The molecule has 5 nitrogen and oxygen atoms in total. The van der Waals surface area contributed by atoms with Crippen molar-refractivity contribution < 1.29 is 9.59 Å². The van der Waals surface area contributed by atoms with Gasteiger partial charge in [-0.25, -0.2) is 0 Å². The Kier molecular flexibility index (Phi) is 6.52. The van der Waals surface area contributed by atoms with Crippen molar-refractivity contribution in [1.29, 1.82) is 0 Å². The number of rotatable bonds is 7. The number of hydrogen-bond donors (Lipinski definition) is 2. The third kappa shape index (κ3) is 4.99. The molecule has 1 atom stereocenters. The van der Waals surface area contributed by atoms with E-state index in [0.29, 0.717) is 0 Å². The van der Waals surface area contributed by atoms with E-state index in [1.807, 2.05) is 13.8 Å². The SMILES string of the molecule is CC(C)[C@H](NC(=O)C12CC3CC(CC(C3)C1)C2)C(=O)NC1CCN(Cc2ccccc2)CC1. The zero-order valence-electron chi connectivity index (χ0n) is 20.4. The van der Waals surface area contributed by atoms with Gasteiger partial charge in [-0.15, -0.1) is 0 Å². The number of hydrogen-bond acceptors (Lipinski definition) is 3. The van der Waals surface area contributed by atoms with Gasteiger partial charge in [0.15, 0.2) is 0 Å². The van der Waals surface area contributed by atoms with Gasteiger partial charge < -0.3 is 10.6 Å². The van der Waals surface area contributed by atoms with Crippen LogP contribution in [0.25, 0.3) is 0 Å². The number of benzene rings is 1. The quantitative estimate of drug-likeness (QED) is 0.655. The fraction of sp³-hybridized carbons (Fsp3) is 0.714. The molecule has 4 aliphatic carbocycles. The van der Waals surface area contributed by atoms with Crippen LogP contribution in [0.15, 0.2) is 30.3 Å². The minimum atomic E-state index is -0.437. The first-order chi connectivity index (χ1) is 15.9. The fourth-order valence-electron chi connectivity index (χ4n) is 7.59. The Morgan fingerprint density at radius 3 is 2.09 bits per heavy atom. The third-order valence-corrected chi connectivity index (χ3v) is 8.94. The number of carbonyl (C=O) groups excluding carboxylic acids is 2. The molecule has 5 heteroatoms. The van der Waals surface area contributed by atoms with Gasteiger partial charge in [-0.1, -0.05) is 44.2 Å². The van der Waals surface area contributed by atoms with Crippen LogP contribution in [0.5, 0.6) is 0 Å². The van der Waals surface area contributed by atoms with Crippen LogP contribution in [0.2, 0.25) is 0 Å². The maximum atomic E-state index is 13.5. The molecule has 0 unspecified atom stereocenters. The van der Waals surface area contributed by atoms with Crippen LogP contribution in [0.3, 0.4) is 0 Å². The Bertz CT molecular complexity index is 809. The molecule has 1 heterocycles. The fourth-order valence-corrected chi connectivity index (χ4v) is 7.59. The molecule has 5 aliphatic rings. The van der Waals surface area contributed by atoms with Gasteiger partial charge in [0.2, 0.25) is 11.8 Å². The van der Waals surface area contributed by atoms with Crippen molar-refractivity contribution in [1.82, 2.24) is 15.5 Å². The Balaban J connectivity index is 1.14. The van der Waals surface area contributed by atoms with E-state index in [0.717, 1.165) is 69.5 Å². The summed E-state index contributed by atoms with van der Waals surface area (Å²) in [5.74, 6) is 2.44. The van der Waals surface area contributed by atoms with Crippen LogP contribution in [-0.4, -0.2) is 41.9 Å². The van der Waals surface area contributed by atoms with Gasteiger partial charge in [-0.05, 0) is 80.6 Å². The van der Waals surface area contributed by atoms with Crippen molar-refractivity contribution in [3.8, 4) is 0 Å². The second-order valence-corrected chi connectivity index (χ2v) is 11.9. The Hall–Kier alpha value is -1.88. The normalized spacial score (nSPS) is 32.6. The second-order valence-electron chi connectivity index (χ2n) is 11.9. The molecular formula is C28H41N3O2. The molecule has 4 saturated carbocycles. The van der Waals surface area contributed by atoms with Gasteiger partial charge in [-0.2, -0.15) is 0 Å². The molecule has 2 N–H and O–H groups in total. The summed E-state index contributed by atoms with van der Waals surface area (Å²) < 4.78 is 0. The molecule has 0 spiro atoms. The topological polar surface area (TPSA) is 61.4 Å². The summed E-state index contributed by atoms with van der Waals surface area (Å²) in [5, 5.41) is 6.53. The van der Waals surface area contributed by atoms with Gasteiger partial charge in [-0.3, -0.25) is 14.5 Å². The lowest BCUT2D eigenvalue weighted by molar-refractivity contribution is -0.149. The third-order valence-electron chi connectivity index (χ3n) is 8.94. The molecule has 1 saturated heterocycles. The summed E-state index contributed by atoms with van der Waals surface area (Å²) in [7, 11) is 0. The van der Waals surface area contributed by atoms with E-state index in [4.69, 9.17) is 0 Å². The van der Waals surface area contributed by atoms with E-state index in [9.17, 15) is 9.59 Å². The van der Waals surface area contributed by atoms with E-state index in [2.05, 4.69) is 45.9 Å². The lowest BCUT2D eigenvalue weighted by Crippen LogP contribution is -2.59. The second kappa shape index (κ2) is 9.40. The van der Waals surface area contributed by atoms with Crippen LogP contribution in [0, 0.1) is 29.1 Å². The maximum Gasteiger partial charge on any atom is 0.243 e. The van der Waals surface area contributed by atoms with Crippen LogP contribution in [0.4, 0.5) is 0 Å². The average Bonchev–Trinajstić information content (AvgIpc) is 2.78. The number of likely N-dealkylation sites (tertiary alicyclic amines) is 1. The highest BCUT2D eigenvalue weighted by Crippen LogP contribution is 2.60. The van der Waals surface area contributed by atoms with Gasteiger partial charge in [0.25, 0.3) is 0 Å². The predicted octanol–water partition coefficient (Wildman–Crippen LogP) is 4.12. The summed E-state index contributed by atoms with van der Waals surface area (Å²) in [5.41, 5.74) is 1.14. The standard InChI is InChI=1S/C28H41N3O2/c1-19(2)25(30-27(33)28-15-21-12-22(16-28)14-23(13-21)17-28)26(32)29-24-8-10-31(11-9-24)18-20-6-4-3-5-7-20/h3-7,19,21-25H,8-18H2,1-2H3,(H,29,32)(H,30,33)/t21?,22?,23?,25-,28?/m0/s1. The smallest absolute Gasteiger partial charge is 0.243 e.